The third-order valence-corrected chi connectivity index (χ3v) is 6.03. The lowest BCUT2D eigenvalue weighted by Crippen LogP contribution is -2.41. The van der Waals surface area contributed by atoms with Crippen LogP contribution < -0.4 is 5.32 Å². The van der Waals surface area contributed by atoms with Crippen LogP contribution in [0.3, 0.4) is 0 Å². The maximum absolute atomic E-state index is 12.5. The molecule has 6 heteroatoms. The van der Waals surface area contributed by atoms with E-state index in [1.165, 1.54) is 12.6 Å². The molecule has 140 valence electrons. The van der Waals surface area contributed by atoms with Gasteiger partial charge in [-0.2, -0.15) is 4.31 Å². The van der Waals surface area contributed by atoms with Crippen molar-refractivity contribution in [3.63, 3.8) is 0 Å². The van der Waals surface area contributed by atoms with Crippen molar-refractivity contribution < 1.29 is 13.2 Å². The third-order valence-electron chi connectivity index (χ3n) is 4.21. The van der Waals surface area contributed by atoms with Crippen LogP contribution in [0.15, 0.2) is 59.5 Å². The molecule has 0 fully saturated rings. The monoisotopic (exact) mass is 374 g/mol. The van der Waals surface area contributed by atoms with Gasteiger partial charge in [0.1, 0.15) is 0 Å². The molecule has 0 aliphatic rings. The zero-order valence-electron chi connectivity index (χ0n) is 15.5. The summed E-state index contributed by atoms with van der Waals surface area (Å²) in [5.41, 5.74) is 2.20. The Kier molecular flexibility index (Phi) is 6.94. The molecule has 0 radical (unpaired) electrons. The predicted molar refractivity (Wildman–Crippen MR) is 103 cm³/mol. The number of hydrogen-bond donors (Lipinski definition) is 1. The molecule has 0 bridgehead atoms. The largest absolute Gasteiger partial charge is 0.352 e. The molecular formula is C20H26N2O3S. The lowest BCUT2D eigenvalue weighted by Gasteiger charge is -2.19. The topological polar surface area (TPSA) is 66.5 Å². The summed E-state index contributed by atoms with van der Waals surface area (Å²) in [5, 5.41) is 2.87. The van der Waals surface area contributed by atoms with Crippen LogP contribution in [0.4, 0.5) is 0 Å². The SMILES string of the molecule is Cc1ccc(S(=O)(=O)N(C)CC(=O)NC(C)CCc2ccccc2)cc1. The second-order valence-corrected chi connectivity index (χ2v) is 8.61. The molecule has 0 saturated carbocycles. The Morgan fingerprint density at radius 2 is 1.69 bits per heavy atom. The Balaban J connectivity index is 1.86. The van der Waals surface area contributed by atoms with Crippen LogP contribution in [0, 0.1) is 6.92 Å². The predicted octanol–water partition coefficient (Wildman–Crippen LogP) is 2.75. The fourth-order valence-electron chi connectivity index (χ4n) is 2.60. The number of hydrogen-bond acceptors (Lipinski definition) is 3. The molecule has 1 atom stereocenters. The number of aryl methyl sites for hydroxylation is 2. The van der Waals surface area contributed by atoms with Gasteiger partial charge < -0.3 is 5.32 Å². The van der Waals surface area contributed by atoms with Crippen molar-refractivity contribution in [2.75, 3.05) is 13.6 Å². The van der Waals surface area contributed by atoms with Crippen LogP contribution in [-0.2, 0) is 21.2 Å². The fourth-order valence-corrected chi connectivity index (χ4v) is 3.73. The van der Waals surface area contributed by atoms with Gasteiger partial charge in [-0.15, -0.1) is 0 Å². The molecule has 0 aromatic heterocycles. The minimum absolute atomic E-state index is 0.0295. The molecule has 2 aromatic carbocycles. The van der Waals surface area contributed by atoms with Gasteiger partial charge in [0.2, 0.25) is 15.9 Å². The van der Waals surface area contributed by atoms with E-state index < -0.39 is 10.0 Å². The van der Waals surface area contributed by atoms with Gasteiger partial charge in [-0.1, -0.05) is 48.0 Å². The second kappa shape index (κ2) is 8.96. The van der Waals surface area contributed by atoms with Crippen molar-refractivity contribution in [1.29, 1.82) is 0 Å². The number of likely N-dealkylation sites (N-methyl/N-ethyl adjacent to an activating group) is 1. The zero-order chi connectivity index (χ0) is 19.2. The average molecular weight is 375 g/mol. The Labute approximate surface area is 156 Å². The van der Waals surface area contributed by atoms with Crippen molar-refractivity contribution >= 4 is 15.9 Å². The van der Waals surface area contributed by atoms with Gasteiger partial charge in [-0.3, -0.25) is 4.79 Å². The normalized spacial score (nSPS) is 12.8. The lowest BCUT2D eigenvalue weighted by molar-refractivity contribution is -0.121. The number of rotatable bonds is 8. The highest BCUT2D eigenvalue weighted by Gasteiger charge is 2.23. The van der Waals surface area contributed by atoms with Gasteiger partial charge >= 0.3 is 0 Å². The Hall–Kier alpha value is -2.18. The summed E-state index contributed by atoms with van der Waals surface area (Å²) < 4.78 is 26.1. The summed E-state index contributed by atoms with van der Waals surface area (Å²) in [6, 6.07) is 16.6. The molecular weight excluding hydrogens is 348 g/mol. The maximum Gasteiger partial charge on any atom is 0.243 e. The molecule has 2 aromatic rings. The van der Waals surface area contributed by atoms with E-state index in [1.54, 1.807) is 24.3 Å². The van der Waals surface area contributed by atoms with Gasteiger partial charge in [0, 0.05) is 13.1 Å². The molecule has 0 heterocycles. The van der Waals surface area contributed by atoms with E-state index in [2.05, 4.69) is 17.4 Å². The molecule has 0 aliphatic heterocycles. The minimum Gasteiger partial charge on any atom is -0.352 e. The molecule has 1 amide bonds. The second-order valence-electron chi connectivity index (χ2n) is 6.57. The molecule has 0 spiro atoms. The van der Waals surface area contributed by atoms with Gasteiger partial charge in [0.05, 0.1) is 11.4 Å². The minimum atomic E-state index is -3.67. The summed E-state index contributed by atoms with van der Waals surface area (Å²) in [5.74, 6) is -0.302. The van der Waals surface area contributed by atoms with E-state index in [9.17, 15) is 13.2 Å². The van der Waals surface area contributed by atoms with Crippen LogP contribution in [0.2, 0.25) is 0 Å². The molecule has 0 saturated heterocycles. The number of nitrogens with zero attached hydrogens (tertiary/aromatic N) is 1. The van der Waals surface area contributed by atoms with Crippen molar-refractivity contribution in [2.24, 2.45) is 0 Å². The standard InChI is InChI=1S/C20H26N2O3S/c1-16-9-13-19(14-10-16)26(24,25)22(3)15-20(23)21-17(2)11-12-18-7-5-4-6-8-18/h4-10,13-14,17H,11-12,15H2,1-3H3,(H,21,23). The third kappa shape index (κ3) is 5.68. The summed E-state index contributed by atoms with van der Waals surface area (Å²) in [4.78, 5) is 12.4. The fraction of sp³-hybridized carbons (Fsp3) is 0.350. The van der Waals surface area contributed by atoms with Crippen LogP contribution in [0.1, 0.15) is 24.5 Å². The Morgan fingerprint density at radius 3 is 2.31 bits per heavy atom. The Bertz CT molecular complexity index is 818. The average Bonchev–Trinajstić information content (AvgIpc) is 2.61. The van der Waals surface area contributed by atoms with Crippen molar-refractivity contribution in [2.45, 2.75) is 37.6 Å². The van der Waals surface area contributed by atoms with E-state index in [1.807, 2.05) is 32.0 Å². The summed E-state index contributed by atoms with van der Waals surface area (Å²) >= 11 is 0. The number of sulfonamides is 1. The van der Waals surface area contributed by atoms with Crippen LogP contribution in [0.5, 0.6) is 0 Å². The van der Waals surface area contributed by atoms with Gasteiger partial charge in [0.25, 0.3) is 0 Å². The molecule has 0 aliphatic carbocycles. The molecule has 2 rings (SSSR count). The molecule has 1 unspecified atom stereocenters. The van der Waals surface area contributed by atoms with Crippen LogP contribution in [0.25, 0.3) is 0 Å². The van der Waals surface area contributed by atoms with Crippen LogP contribution in [-0.4, -0.2) is 38.3 Å². The highest BCUT2D eigenvalue weighted by molar-refractivity contribution is 7.89. The molecule has 26 heavy (non-hydrogen) atoms. The number of nitrogens with one attached hydrogen (secondary N) is 1. The highest BCUT2D eigenvalue weighted by atomic mass is 32.2. The number of carbonyl (C=O) groups is 1. The summed E-state index contributed by atoms with van der Waals surface area (Å²) in [6.07, 6.45) is 1.66. The van der Waals surface area contributed by atoms with Gasteiger partial charge in [0.15, 0.2) is 0 Å². The van der Waals surface area contributed by atoms with E-state index in [0.29, 0.717) is 0 Å². The molecule has 1 N–H and O–H groups in total. The number of carbonyl (C=O) groups excluding carboxylic acids is 1. The van der Waals surface area contributed by atoms with E-state index in [-0.39, 0.29) is 23.4 Å². The summed E-state index contributed by atoms with van der Waals surface area (Å²) in [6.45, 7) is 3.62. The van der Waals surface area contributed by atoms with Gasteiger partial charge in [-0.05, 0) is 44.4 Å². The zero-order valence-corrected chi connectivity index (χ0v) is 16.3. The van der Waals surface area contributed by atoms with Crippen molar-refractivity contribution in [3.8, 4) is 0 Å². The van der Waals surface area contributed by atoms with E-state index >= 15 is 0 Å². The number of amides is 1. The van der Waals surface area contributed by atoms with Gasteiger partial charge in [-0.25, -0.2) is 8.42 Å². The quantitative estimate of drug-likeness (QED) is 0.773. The van der Waals surface area contributed by atoms with Crippen LogP contribution >= 0.6 is 0 Å². The maximum atomic E-state index is 12.5. The smallest absolute Gasteiger partial charge is 0.243 e. The summed E-state index contributed by atoms with van der Waals surface area (Å²) in [7, 11) is -2.25. The van der Waals surface area contributed by atoms with E-state index in [0.717, 1.165) is 22.7 Å². The molecule has 5 nitrogen and oxygen atoms in total. The van der Waals surface area contributed by atoms with Crippen molar-refractivity contribution in [1.82, 2.24) is 9.62 Å². The lowest BCUT2D eigenvalue weighted by atomic mass is 10.1. The first-order valence-electron chi connectivity index (χ1n) is 8.65. The first-order valence-corrected chi connectivity index (χ1v) is 10.1. The Morgan fingerprint density at radius 1 is 1.08 bits per heavy atom. The first-order chi connectivity index (χ1) is 12.3. The number of benzene rings is 2. The van der Waals surface area contributed by atoms with Crippen molar-refractivity contribution in [3.05, 3.63) is 65.7 Å². The van der Waals surface area contributed by atoms with E-state index in [4.69, 9.17) is 0 Å². The highest BCUT2D eigenvalue weighted by Crippen LogP contribution is 2.14. The first kappa shape index (κ1) is 20.1.